The predicted molar refractivity (Wildman–Crippen MR) is 67.9 cm³/mol. The van der Waals surface area contributed by atoms with Gasteiger partial charge in [0, 0.05) is 6.04 Å². The summed E-state index contributed by atoms with van der Waals surface area (Å²) in [5.41, 5.74) is 6.08. The second kappa shape index (κ2) is 5.73. The third-order valence-electron chi connectivity index (χ3n) is 3.43. The second-order valence-electron chi connectivity index (χ2n) is 4.73. The predicted octanol–water partition coefficient (Wildman–Crippen LogP) is 1.11. The molecule has 0 spiro atoms. The van der Waals surface area contributed by atoms with Crippen LogP contribution in [0.25, 0.3) is 0 Å². The fourth-order valence-electron chi connectivity index (χ4n) is 2.43. The first-order valence-electron chi connectivity index (χ1n) is 6.31. The van der Waals surface area contributed by atoms with E-state index < -0.39 is 0 Å². The number of rotatable bonds is 4. The molecule has 1 aromatic rings. The maximum atomic E-state index is 12.5. The van der Waals surface area contributed by atoms with Gasteiger partial charge in [0.15, 0.2) is 12.2 Å². The highest BCUT2D eigenvalue weighted by Gasteiger charge is 2.30. The molecular formula is C12H18N4O3. The van der Waals surface area contributed by atoms with Crippen molar-refractivity contribution in [3.63, 3.8) is 0 Å². The molecule has 0 aromatic carbocycles. The SMILES string of the molecule is Cc1ncoc1C(=O)N(CC(N)=NO)C1CCCC1. The van der Waals surface area contributed by atoms with Crippen LogP contribution in [-0.4, -0.2) is 39.4 Å². The minimum Gasteiger partial charge on any atom is -0.438 e. The van der Waals surface area contributed by atoms with Crippen LogP contribution in [0.5, 0.6) is 0 Å². The highest BCUT2D eigenvalue weighted by atomic mass is 16.4. The lowest BCUT2D eigenvalue weighted by atomic mass is 10.2. The number of nitrogens with zero attached hydrogens (tertiary/aromatic N) is 3. The molecule has 0 bridgehead atoms. The summed E-state index contributed by atoms with van der Waals surface area (Å²) in [7, 11) is 0. The van der Waals surface area contributed by atoms with Crippen molar-refractivity contribution < 1.29 is 14.4 Å². The first-order valence-corrected chi connectivity index (χ1v) is 6.31. The molecule has 3 N–H and O–H groups in total. The first-order chi connectivity index (χ1) is 9.13. The molecule has 0 saturated heterocycles. The number of amides is 1. The lowest BCUT2D eigenvalue weighted by Crippen LogP contribution is -2.44. The van der Waals surface area contributed by atoms with Crippen molar-refractivity contribution in [3.8, 4) is 0 Å². The largest absolute Gasteiger partial charge is 0.438 e. The van der Waals surface area contributed by atoms with Crippen molar-refractivity contribution in [2.45, 2.75) is 38.6 Å². The number of oxime groups is 1. The highest BCUT2D eigenvalue weighted by Crippen LogP contribution is 2.25. The van der Waals surface area contributed by atoms with E-state index >= 15 is 0 Å². The Kier molecular flexibility index (Phi) is 4.03. The zero-order chi connectivity index (χ0) is 13.8. The molecule has 0 aliphatic heterocycles. The van der Waals surface area contributed by atoms with Crippen LogP contribution in [0.4, 0.5) is 0 Å². The van der Waals surface area contributed by atoms with Gasteiger partial charge in [-0.2, -0.15) is 0 Å². The summed E-state index contributed by atoms with van der Waals surface area (Å²) in [5.74, 6) is -0.0245. The topological polar surface area (TPSA) is 105 Å². The van der Waals surface area contributed by atoms with E-state index in [9.17, 15) is 4.79 Å². The molecule has 0 unspecified atom stereocenters. The number of hydrogen-bond acceptors (Lipinski definition) is 5. The molecule has 7 nitrogen and oxygen atoms in total. The molecule has 1 amide bonds. The summed E-state index contributed by atoms with van der Waals surface area (Å²) in [4.78, 5) is 18.0. The van der Waals surface area contributed by atoms with E-state index in [-0.39, 0.29) is 30.1 Å². The summed E-state index contributed by atoms with van der Waals surface area (Å²) in [6, 6.07) is 0.109. The number of oxazole rings is 1. The molecule has 2 rings (SSSR count). The fourth-order valence-corrected chi connectivity index (χ4v) is 2.43. The van der Waals surface area contributed by atoms with Gasteiger partial charge in [0.2, 0.25) is 5.76 Å². The van der Waals surface area contributed by atoms with Crippen molar-refractivity contribution >= 4 is 11.7 Å². The minimum atomic E-state index is -0.256. The zero-order valence-corrected chi connectivity index (χ0v) is 10.9. The maximum absolute atomic E-state index is 12.5. The van der Waals surface area contributed by atoms with Gasteiger partial charge in [0.1, 0.15) is 0 Å². The number of hydrogen-bond donors (Lipinski definition) is 2. The Labute approximate surface area is 111 Å². The van der Waals surface area contributed by atoms with Crippen LogP contribution in [0.15, 0.2) is 16.0 Å². The van der Waals surface area contributed by atoms with Crippen LogP contribution in [0, 0.1) is 6.92 Å². The van der Waals surface area contributed by atoms with E-state index in [2.05, 4.69) is 10.1 Å². The smallest absolute Gasteiger partial charge is 0.292 e. The standard InChI is InChI=1S/C12H18N4O3/c1-8-11(19-7-14-8)12(17)16(6-10(13)15-18)9-4-2-3-5-9/h7,9,18H,2-6H2,1H3,(H2,13,15). The molecular weight excluding hydrogens is 248 g/mol. The molecule has 1 aliphatic rings. The Bertz CT molecular complexity index is 477. The van der Waals surface area contributed by atoms with E-state index in [0.717, 1.165) is 25.7 Å². The Morgan fingerprint density at radius 1 is 1.63 bits per heavy atom. The third kappa shape index (κ3) is 2.86. The molecule has 104 valence electrons. The Morgan fingerprint density at radius 3 is 2.84 bits per heavy atom. The monoisotopic (exact) mass is 266 g/mol. The van der Waals surface area contributed by atoms with E-state index in [1.165, 1.54) is 6.39 Å². The van der Waals surface area contributed by atoms with Gasteiger partial charge in [0.05, 0.1) is 12.2 Å². The third-order valence-corrected chi connectivity index (χ3v) is 3.43. The van der Waals surface area contributed by atoms with Crippen LogP contribution in [0.1, 0.15) is 41.9 Å². The molecule has 1 saturated carbocycles. The Balaban J connectivity index is 2.21. The first kappa shape index (κ1) is 13.4. The van der Waals surface area contributed by atoms with Crippen molar-refractivity contribution in [3.05, 3.63) is 17.8 Å². The van der Waals surface area contributed by atoms with Gasteiger partial charge in [-0.1, -0.05) is 18.0 Å². The van der Waals surface area contributed by atoms with Gasteiger partial charge in [-0.15, -0.1) is 0 Å². The molecule has 7 heteroatoms. The average Bonchev–Trinajstić information content (AvgIpc) is 3.05. The number of carbonyl (C=O) groups excluding carboxylic acids is 1. The number of amidine groups is 1. The summed E-state index contributed by atoms with van der Waals surface area (Å²) in [6.07, 6.45) is 5.27. The van der Waals surface area contributed by atoms with E-state index in [0.29, 0.717) is 5.69 Å². The van der Waals surface area contributed by atoms with E-state index in [4.69, 9.17) is 15.4 Å². The fraction of sp³-hybridized carbons (Fsp3) is 0.583. The number of carbonyl (C=O) groups is 1. The number of aromatic nitrogens is 1. The molecule has 0 atom stereocenters. The van der Waals surface area contributed by atoms with E-state index in [1.54, 1.807) is 11.8 Å². The number of nitrogens with two attached hydrogens (primary N) is 1. The molecule has 1 fully saturated rings. The van der Waals surface area contributed by atoms with Gasteiger partial charge in [0.25, 0.3) is 5.91 Å². The summed E-state index contributed by atoms with van der Waals surface area (Å²) >= 11 is 0. The Morgan fingerprint density at radius 2 is 2.32 bits per heavy atom. The molecule has 1 heterocycles. The van der Waals surface area contributed by atoms with Crippen molar-refractivity contribution in [2.75, 3.05) is 6.54 Å². The summed E-state index contributed by atoms with van der Waals surface area (Å²) < 4.78 is 5.14. The summed E-state index contributed by atoms with van der Waals surface area (Å²) in [5, 5.41) is 11.6. The van der Waals surface area contributed by atoms with E-state index in [1.807, 2.05) is 0 Å². The van der Waals surface area contributed by atoms with Crippen LogP contribution in [0.2, 0.25) is 0 Å². The normalized spacial score (nSPS) is 16.8. The highest BCUT2D eigenvalue weighted by molar-refractivity contribution is 5.95. The van der Waals surface area contributed by atoms with Crippen LogP contribution >= 0.6 is 0 Å². The summed E-state index contributed by atoms with van der Waals surface area (Å²) in [6.45, 7) is 1.81. The molecule has 1 aliphatic carbocycles. The van der Waals surface area contributed by atoms with Gasteiger partial charge < -0.3 is 20.3 Å². The maximum Gasteiger partial charge on any atom is 0.292 e. The molecule has 1 aromatic heterocycles. The average molecular weight is 266 g/mol. The molecule has 19 heavy (non-hydrogen) atoms. The van der Waals surface area contributed by atoms with Crippen molar-refractivity contribution in [1.82, 2.24) is 9.88 Å². The Hall–Kier alpha value is -2.05. The van der Waals surface area contributed by atoms with Crippen molar-refractivity contribution in [2.24, 2.45) is 10.9 Å². The number of aryl methyl sites for hydroxylation is 1. The van der Waals surface area contributed by atoms with Gasteiger partial charge in [-0.05, 0) is 19.8 Å². The minimum absolute atomic E-state index is 0.0115. The lowest BCUT2D eigenvalue weighted by molar-refractivity contribution is 0.0679. The zero-order valence-electron chi connectivity index (χ0n) is 10.9. The van der Waals surface area contributed by atoms with Gasteiger partial charge in [-0.3, -0.25) is 4.79 Å². The van der Waals surface area contributed by atoms with Gasteiger partial charge in [-0.25, -0.2) is 4.98 Å². The van der Waals surface area contributed by atoms with Crippen LogP contribution in [-0.2, 0) is 0 Å². The van der Waals surface area contributed by atoms with Crippen LogP contribution in [0.3, 0.4) is 0 Å². The quantitative estimate of drug-likeness (QED) is 0.367. The van der Waals surface area contributed by atoms with Crippen molar-refractivity contribution in [1.29, 1.82) is 0 Å². The molecule has 0 radical (unpaired) electrons. The second-order valence-corrected chi connectivity index (χ2v) is 4.73. The van der Waals surface area contributed by atoms with Crippen LogP contribution < -0.4 is 5.73 Å². The lowest BCUT2D eigenvalue weighted by Gasteiger charge is -2.27. The van der Waals surface area contributed by atoms with Gasteiger partial charge >= 0.3 is 0 Å².